The number of aliphatic hydroxyl groups is 8. The normalized spacial score (nSPS) is 29.0. The van der Waals surface area contributed by atoms with E-state index in [1.54, 1.807) is 13.0 Å². The molecule has 0 aromatic rings. The van der Waals surface area contributed by atoms with E-state index in [4.69, 9.17) is 18.9 Å². The Kier molecular flexibility index (Phi) is 29.2. The summed E-state index contributed by atoms with van der Waals surface area (Å²) in [6, 6.07) is -0.924. The molecule has 0 aliphatic carbocycles. The summed E-state index contributed by atoms with van der Waals surface area (Å²) < 4.78 is 22.3. The molecule has 0 radical (unpaired) electrons. The molecule has 0 aromatic carbocycles. The molecule has 2 fully saturated rings. The highest BCUT2D eigenvalue weighted by atomic mass is 16.7. The maximum atomic E-state index is 12.3. The average molecular weight is 832 g/mol. The van der Waals surface area contributed by atoms with Gasteiger partial charge in [-0.25, -0.2) is 0 Å². The highest BCUT2D eigenvalue weighted by Crippen LogP contribution is 2.30. The minimum atomic E-state index is -1.78. The molecule has 2 aliphatic heterocycles. The number of hydrogen-bond acceptors (Lipinski definition) is 13. The Hall–Kier alpha value is -1.53. The zero-order valence-corrected chi connectivity index (χ0v) is 35.5. The van der Waals surface area contributed by atoms with Crippen LogP contribution in [0.4, 0.5) is 0 Å². The summed E-state index contributed by atoms with van der Waals surface area (Å²) in [6.45, 7) is 2.19. The second kappa shape index (κ2) is 32.2. The summed E-state index contributed by atoms with van der Waals surface area (Å²) in [5.41, 5.74) is 0. The summed E-state index contributed by atoms with van der Waals surface area (Å²) in [5.74, 6) is -0.338. The van der Waals surface area contributed by atoms with E-state index in [1.165, 1.54) is 116 Å². The van der Waals surface area contributed by atoms with Gasteiger partial charge in [-0.3, -0.25) is 4.79 Å². The second-order valence-corrected chi connectivity index (χ2v) is 16.1. The standard InChI is InChI=1S/C44H81NO13/c1-3-5-6-7-8-9-10-11-12-13-14-15-16-17-18-19-20-21-22-23-24-25-26-27-28-33(48)32(45-36(49)4-2)31-55-43-41(54)39(52)42(35(30-47)57-43)58-44-40(53)38(51)37(50)34(29-46)56-44/h23-24,27-28,32-35,37-44,46-48,50-54H,3-22,25-26,29-31H2,1-2H3,(H,45,49)/b24-23+,28-27+. The third kappa shape index (κ3) is 20.4. The minimum Gasteiger partial charge on any atom is -0.394 e. The molecule has 0 spiro atoms. The summed E-state index contributed by atoms with van der Waals surface area (Å²) in [5, 5.41) is 85.2. The number of rotatable bonds is 33. The van der Waals surface area contributed by atoms with Crippen LogP contribution in [0.1, 0.15) is 155 Å². The van der Waals surface area contributed by atoms with Crippen molar-refractivity contribution in [2.24, 2.45) is 0 Å². The quantitative estimate of drug-likeness (QED) is 0.0334. The predicted octanol–water partition coefficient (Wildman–Crippen LogP) is 4.21. The molecule has 9 N–H and O–H groups in total. The fourth-order valence-corrected chi connectivity index (χ4v) is 7.39. The maximum Gasteiger partial charge on any atom is 0.220 e. The van der Waals surface area contributed by atoms with Crippen LogP contribution >= 0.6 is 0 Å². The number of aliphatic hydroxyl groups excluding tert-OH is 8. The van der Waals surface area contributed by atoms with E-state index in [9.17, 15) is 45.6 Å². The summed E-state index contributed by atoms with van der Waals surface area (Å²) in [6.07, 6.45) is 18.0. The molecule has 0 aromatic heterocycles. The maximum absolute atomic E-state index is 12.3. The predicted molar refractivity (Wildman–Crippen MR) is 221 cm³/mol. The van der Waals surface area contributed by atoms with Gasteiger partial charge in [-0.2, -0.15) is 0 Å². The van der Waals surface area contributed by atoms with Gasteiger partial charge in [0.2, 0.25) is 5.91 Å². The Bertz CT molecular complexity index is 1080. The fourth-order valence-electron chi connectivity index (χ4n) is 7.39. The van der Waals surface area contributed by atoms with Gasteiger partial charge in [0.25, 0.3) is 0 Å². The number of unbranched alkanes of at least 4 members (excludes halogenated alkanes) is 19. The van der Waals surface area contributed by atoms with Gasteiger partial charge in [-0.15, -0.1) is 0 Å². The first kappa shape index (κ1) is 52.6. The molecule has 2 saturated heterocycles. The van der Waals surface area contributed by atoms with E-state index < -0.39 is 86.8 Å². The summed E-state index contributed by atoms with van der Waals surface area (Å²) in [7, 11) is 0. The Labute approximate surface area is 348 Å². The molecular formula is C44H81NO13. The molecule has 2 aliphatic rings. The first-order chi connectivity index (χ1) is 28.1. The average Bonchev–Trinajstić information content (AvgIpc) is 3.22. The van der Waals surface area contributed by atoms with Crippen LogP contribution in [0.25, 0.3) is 0 Å². The van der Waals surface area contributed by atoms with Gasteiger partial charge < -0.3 is 65.1 Å². The summed E-state index contributed by atoms with van der Waals surface area (Å²) in [4.78, 5) is 12.3. The van der Waals surface area contributed by atoms with Crippen LogP contribution in [-0.2, 0) is 23.7 Å². The molecule has 14 heteroatoms. The number of allylic oxidation sites excluding steroid dienone is 3. The van der Waals surface area contributed by atoms with Gasteiger partial charge >= 0.3 is 0 Å². The van der Waals surface area contributed by atoms with E-state index >= 15 is 0 Å². The van der Waals surface area contributed by atoms with Crippen molar-refractivity contribution in [2.75, 3.05) is 19.8 Å². The topological polar surface area (TPSA) is 228 Å². The van der Waals surface area contributed by atoms with Crippen molar-refractivity contribution in [1.29, 1.82) is 0 Å². The molecule has 0 bridgehead atoms. The number of nitrogens with one attached hydrogen (secondary N) is 1. The van der Waals surface area contributed by atoms with Crippen LogP contribution in [0.5, 0.6) is 0 Å². The molecule has 0 saturated carbocycles. The molecule has 58 heavy (non-hydrogen) atoms. The van der Waals surface area contributed by atoms with Crippen LogP contribution in [0, 0.1) is 0 Å². The molecular weight excluding hydrogens is 750 g/mol. The zero-order chi connectivity index (χ0) is 42.5. The van der Waals surface area contributed by atoms with Gasteiger partial charge in [-0.1, -0.05) is 147 Å². The minimum absolute atomic E-state index is 0.155. The first-order valence-corrected chi connectivity index (χ1v) is 22.6. The van der Waals surface area contributed by atoms with Crippen molar-refractivity contribution in [3.05, 3.63) is 24.3 Å². The van der Waals surface area contributed by atoms with Crippen LogP contribution in [0.2, 0.25) is 0 Å². The molecule has 12 unspecified atom stereocenters. The monoisotopic (exact) mass is 832 g/mol. The van der Waals surface area contributed by atoms with Crippen LogP contribution in [0.3, 0.4) is 0 Å². The third-order valence-corrected chi connectivity index (χ3v) is 11.2. The first-order valence-electron chi connectivity index (χ1n) is 22.6. The molecule has 340 valence electrons. The molecule has 2 rings (SSSR count). The Morgan fingerprint density at radius 3 is 1.62 bits per heavy atom. The van der Waals surface area contributed by atoms with E-state index in [1.807, 2.05) is 6.08 Å². The van der Waals surface area contributed by atoms with E-state index in [-0.39, 0.29) is 18.9 Å². The lowest BCUT2D eigenvalue weighted by Gasteiger charge is -2.46. The highest BCUT2D eigenvalue weighted by molar-refractivity contribution is 5.75. The number of ether oxygens (including phenoxy) is 4. The smallest absolute Gasteiger partial charge is 0.220 e. The zero-order valence-electron chi connectivity index (χ0n) is 35.5. The van der Waals surface area contributed by atoms with Gasteiger partial charge in [0.15, 0.2) is 12.6 Å². The SMILES string of the molecule is CCCCCCCCCCCCCCCCCCCC/C=C/CC/C=C/C(O)C(COC1OC(CO)C(OC2OC(CO)C(O)C(O)C2O)C(O)C1O)NC(=O)CC. The van der Waals surface area contributed by atoms with Crippen molar-refractivity contribution in [3.63, 3.8) is 0 Å². The van der Waals surface area contributed by atoms with Crippen LogP contribution in [0.15, 0.2) is 24.3 Å². The lowest BCUT2D eigenvalue weighted by atomic mass is 9.97. The lowest BCUT2D eigenvalue weighted by Crippen LogP contribution is -2.65. The highest BCUT2D eigenvalue weighted by Gasteiger charge is 2.50. The van der Waals surface area contributed by atoms with E-state index in [2.05, 4.69) is 24.4 Å². The van der Waals surface area contributed by atoms with Crippen molar-refractivity contribution in [2.45, 2.75) is 229 Å². The molecule has 12 atom stereocenters. The Balaban J connectivity index is 1.63. The Morgan fingerprint density at radius 2 is 1.09 bits per heavy atom. The summed E-state index contributed by atoms with van der Waals surface area (Å²) >= 11 is 0. The van der Waals surface area contributed by atoms with E-state index in [0.29, 0.717) is 6.42 Å². The van der Waals surface area contributed by atoms with Crippen molar-refractivity contribution < 1.29 is 64.6 Å². The fraction of sp³-hybridized carbons (Fsp3) is 0.886. The van der Waals surface area contributed by atoms with Crippen molar-refractivity contribution >= 4 is 5.91 Å². The van der Waals surface area contributed by atoms with Crippen molar-refractivity contribution in [3.8, 4) is 0 Å². The molecule has 2 heterocycles. The second-order valence-electron chi connectivity index (χ2n) is 16.1. The van der Waals surface area contributed by atoms with Crippen LogP contribution < -0.4 is 5.32 Å². The Morgan fingerprint density at radius 1 is 0.603 bits per heavy atom. The number of carbonyl (C=O) groups excluding carboxylic acids is 1. The van der Waals surface area contributed by atoms with E-state index in [0.717, 1.165) is 12.8 Å². The van der Waals surface area contributed by atoms with Gasteiger partial charge in [0, 0.05) is 6.42 Å². The largest absolute Gasteiger partial charge is 0.394 e. The molecule has 14 nitrogen and oxygen atoms in total. The van der Waals surface area contributed by atoms with Gasteiger partial charge in [-0.05, 0) is 25.7 Å². The van der Waals surface area contributed by atoms with Gasteiger partial charge in [0.1, 0.15) is 48.8 Å². The van der Waals surface area contributed by atoms with Crippen LogP contribution in [-0.4, -0.2) is 140 Å². The van der Waals surface area contributed by atoms with Crippen molar-refractivity contribution in [1.82, 2.24) is 5.32 Å². The van der Waals surface area contributed by atoms with Gasteiger partial charge in [0.05, 0.1) is 32.0 Å². The third-order valence-electron chi connectivity index (χ3n) is 11.2. The molecule has 1 amide bonds. The lowest BCUT2D eigenvalue weighted by molar-refractivity contribution is -0.359. The number of carbonyl (C=O) groups is 1. The number of hydrogen-bond donors (Lipinski definition) is 9. The number of amides is 1.